The maximum atomic E-state index is 13.4. The van der Waals surface area contributed by atoms with Gasteiger partial charge in [0.15, 0.2) is 5.69 Å². The van der Waals surface area contributed by atoms with E-state index in [2.05, 4.69) is 24.1 Å². The van der Waals surface area contributed by atoms with Gasteiger partial charge in [-0.25, -0.2) is 18.2 Å². The van der Waals surface area contributed by atoms with Crippen molar-refractivity contribution < 1.29 is 36.3 Å². The van der Waals surface area contributed by atoms with Gasteiger partial charge in [-0.2, -0.15) is 17.5 Å². The maximum absolute atomic E-state index is 13.4. The standard InChI is InChI=1S/C22H24N4O3S.C2HF3O2/c1-16(2)12-13-25-14-19-21(22(27)24-17-8-4-3-5-9-17)23-15-26(19)18-10-6-7-11-20(18)30(25,28)29;3-2(4,5)1(6)7/h3-11,15-16H,12-14H2,1-2H3,(H,24,27);(H,6,7). The molecule has 9 nitrogen and oxygen atoms in total. The third-order valence-electron chi connectivity index (χ3n) is 5.38. The average molecular weight is 539 g/mol. The summed E-state index contributed by atoms with van der Waals surface area (Å²) in [5, 5.41) is 9.97. The van der Waals surface area contributed by atoms with Crippen molar-refractivity contribution >= 4 is 27.6 Å². The molecule has 1 aliphatic heterocycles. The number of rotatable bonds is 5. The molecule has 3 aromatic rings. The second-order valence-electron chi connectivity index (χ2n) is 8.52. The van der Waals surface area contributed by atoms with Crippen LogP contribution in [0.15, 0.2) is 65.8 Å². The van der Waals surface area contributed by atoms with E-state index in [1.165, 1.54) is 10.6 Å². The molecule has 0 spiro atoms. The summed E-state index contributed by atoms with van der Waals surface area (Å²) in [6, 6.07) is 16.0. The number of nitrogens with one attached hydrogen (secondary N) is 1. The number of hydrogen-bond acceptors (Lipinski definition) is 5. The monoisotopic (exact) mass is 538 g/mol. The first-order chi connectivity index (χ1) is 17.3. The first-order valence-electron chi connectivity index (χ1n) is 11.1. The van der Waals surface area contributed by atoms with Gasteiger partial charge in [-0.3, -0.25) is 9.36 Å². The smallest absolute Gasteiger partial charge is 0.475 e. The number of fused-ring (bicyclic) bond motifs is 3. The molecule has 37 heavy (non-hydrogen) atoms. The molecule has 13 heteroatoms. The molecule has 198 valence electrons. The first kappa shape index (κ1) is 27.9. The number of nitrogens with zero attached hydrogens (tertiary/aromatic N) is 3. The normalized spacial score (nSPS) is 14.5. The third-order valence-corrected chi connectivity index (χ3v) is 7.27. The van der Waals surface area contributed by atoms with E-state index >= 15 is 0 Å². The molecule has 0 saturated heterocycles. The van der Waals surface area contributed by atoms with Crippen molar-refractivity contribution in [2.45, 2.75) is 37.9 Å². The lowest BCUT2D eigenvalue weighted by atomic mass is 10.1. The number of aromatic nitrogens is 2. The van der Waals surface area contributed by atoms with E-state index in [1.807, 2.05) is 18.2 Å². The molecule has 1 aliphatic rings. The highest BCUT2D eigenvalue weighted by atomic mass is 32.2. The number of sulfonamides is 1. The Morgan fingerprint density at radius 3 is 2.27 bits per heavy atom. The fourth-order valence-electron chi connectivity index (χ4n) is 3.50. The predicted molar refractivity (Wildman–Crippen MR) is 129 cm³/mol. The summed E-state index contributed by atoms with van der Waals surface area (Å²) in [6.45, 7) is 4.57. The van der Waals surface area contributed by atoms with Gasteiger partial charge in [0, 0.05) is 12.2 Å². The van der Waals surface area contributed by atoms with Crippen molar-refractivity contribution in [3.63, 3.8) is 0 Å². The van der Waals surface area contributed by atoms with Gasteiger partial charge in [0.1, 0.15) is 11.2 Å². The zero-order chi connectivity index (χ0) is 27.4. The number of para-hydroxylation sites is 2. The van der Waals surface area contributed by atoms with Crippen LogP contribution in [-0.2, 0) is 21.4 Å². The van der Waals surface area contributed by atoms with Gasteiger partial charge in [-0.05, 0) is 36.6 Å². The topological polar surface area (TPSA) is 122 Å². The number of carboxylic acids is 1. The molecule has 0 fully saturated rings. The second-order valence-corrected chi connectivity index (χ2v) is 10.4. The summed E-state index contributed by atoms with van der Waals surface area (Å²) in [7, 11) is -3.70. The molecule has 0 unspecified atom stereocenters. The van der Waals surface area contributed by atoms with Gasteiger partial charge in [0.05, 0.1) is 17.9 Å². The highest BCUT2D eigenvalue weighted by Crippen LogP contribution is 2.31. The van der Waals surface area contributed by atoms with Crippen LogP contribution in [0.4, 0.5) is 18.9 Å². The fourth-order valence-corrected chi connectivity index (χ4v) is 5.10. The minimum absolute atomic E-state index is 0.0846. The van der Waals surface area contributed by atoms with Gasteiger partial charge < -0.3 is 10.4 Å². The summed E-state index contributed by atoms with van der Waals surface area (Å²) >= 11 is 0. The first-order valence-corrected chi connectivity index (χ1v) is 12.6. The van der Waals surface area contributed by atoms with E-state index in [4.69, 9.17) is 9.90 Å². The number of carbonyl (C=O) groups is 2. The number of aliphatic carboxylic acids is 1. The van der Waals surface area contributed by atoms with Crippen molar-refractivity contribution in [1.29, 1.82) is 0 Å². The highest BCUT2D eigenvalue weighted by Gasteiger charge is 2.38. The SMILES string of the molecule is CC(C)CCN1Cc2c(C(=O)Nc3ccccc3)ncn2-c2ccccc2S1(=O)=O.O=C(O)C(F)(F)F. The summed E-state index contributed by atoms with van der Waals surface area (Å²) in [5.41, 5.74) is 1.94. The Morgan fingerprint density at radius 1 is 1.08 bits per heavy atom. The van der Waals surface area contributed by atoms with Crippen molar-refractivity contribution in [2.24, 2.45) is 5.92 Å². The van der Waals surface area contributed by atoms with E-state index in [0.29, 0.717) is 29.5 Å². The maximum Gasteiger partial charge on any atom is 0.490 e. The predicted octanol–water partition coefficient (Wildman–Crippen LogP) is 4.31. The molecule has 2 heterocycles. The van der Waals surface area contributed by atoms with E-state index in [9.17, 15) is 26.4 Å². The molecule has 0 atom stereocenters. The van der Waals surface area contributed by atoms with Crippen molar-refractivity contribution in [3.8, 4) is 5.69 Å². The molecule has 2 N–H and O–H groups in total. The zero-order valence-electron chi connectivity index (χ0n) is 19.9. The van der Waals surface area contributed by atoms with Gasteiger partial charge in [-0.15, -0.1) is 0 Å². The number of alkyl halides is 3. The van der Waals surface area contributed by atoms with Crippen LogP contribution in [0.3, 0.4) is 0 Å². The van der Waals surface area contributed by atoms with Gasteiger partial charge in [-0.1, -0.05) is 44.2 Å². The van der Waals surface area contributed by atoms with Crippen LogP contribution in [0.2, 0.25) is 0 Å². The number of benzene rings is 2. The molecule has 0 radical (unpaired) electrons. The second kappa shape index (κ2) is 11.1. The van der Waals surface area contributed by atoms with Crippen LogP contribution >= 0.6 is 0 Å². The minimum Gasteiger partial charge on any atom is -0.475 e. The Hall–Kier alpha value is -3.71. The summed E-state index contributed by atoms with van der Waals surface area (Å²) in [5.74, 6) is -2.77. The third kappa shape index (κ3) is 6.54. The van der Waals surface area contributed by atoms with Crippen molar-refractivity contribution in [2.75, 3.05) is 11.9 Å². The van der Waals surface area contributed by atoms with E-state index < -0.39 is 22.2 Å². The largest absolute Gasteiger partial charge is 0.490 e. The Morgan fingerprint density at radius 2 is 1.68 bits per heavy atom. The van der Waals surface area contributed by atoms with E-state index in [0.717, 1.165) is 6.42 Å². The van der Waals surface area contributed by atoms with Crippen molar-refractivity contribution in [1.82, 2.24) is 13.9 Å². The molecule has 0 saturated carbocycles. The Labute approximate surface area is 211 Å². The lowest BCUT2D eigenvalue weighted by Crippen LogP contribution is -2.32. The number of anilines is 1. The van der Waals surface area contributed by atoms with Crippen LogP contribution in [0.25, 0.3) is 5.69 Å². The van der Waals surface area contributed by atoms with Crippen LogP contribution in [-0.4, -0.2) is 52.0 Å². The van der Waals surface area contributed by atoms with Gasteiger partial charge in [0.2, 0.25) is 10.0 Å². The summed E-state index contributed by atoms with van der Waals surface area (Å²) < 4.78 is 61.6. The molecule has 4 rings (SSSR count). The zero-order valence-corrected chi connectivity index (χ0v) is 20.8. The number of carbonyl (C=O) groups excluding carboxylic acids is 1. The molecular weight excluding hydrogens is 513 g/mol. The molecule has 0 bridgehead atoms. The lowest BCUT2D eigenvalue weighted by Gasteiger charge is -2.21. The molecule has 1 amide bonds. The Bertz CT molecular complexity index is 1370. The van der Waals surface area contributed by atoms with Crippen LogP contribution in [0.5, 0.6) is 0 Å². The van der Waals surface area contributed by atoms with Crippen LogP contribution in [0, 0.1) is 5.92 Å². The quantitative estimate of drug-likeness (QED) is 0.499. The average Bonchev–Trinajstić information content (AvgIpc) is 3.22. The Balaban J connectivity index is 0.000000479. The fraction of sp³-hybridized carbons (Fsp3) is 0.292. The molecular formula is C24H25F3N4O5S. The van der Waals surface area contributed by atoms with Gasteiger partial charge >= 0.3 is 12.1 Å². The number of hydrogen-bond donors (Lipinski definition) is 2. The Kier molecular flexibility index (Phi) is 8.39. The number of carboxylic acid groups (broad SMARTS) is 1. The van der Waals surface area contributed by atoms with Gasteiger partial charge in [0.25, 0.3) is 5.91 Å². The van der Waals surface area contributed by atoms with Crippen molar-refractivity contribution in [3.05, 3.63) is 72.3 Å². The van der Waals surface area contributed by atoms with E-state index in [-0.39, 0.29) is 23.0 Å². The minimum atomic E-state index is -5.08. The molecule has 1 aromatic heterocycles. The summed E-state index contributed by atoms with van der Waals surface area (Å²) in [6.07, 6.45) is -2.84. The van der Waals surface area contributed by atoms with E-state index in [1.54, 1.807) is 41.0 Å². The number of imidazole rings is 1. The number of amides is 1. The summed E-state index contributed by atoms with van der Waals surface area (Å²) in [4.78, 5) is 26.4. The lowest BCUT2D eigenvalue weighted by molar-refractivity contribution is -0.192. The van der Waals surface area contributed by atoms with Crippen LogP contribution in [0.1, 0.15) is 36.5 Å². The van der Waals surface area contributed by atoms with Crippen LogP contribution < -0.4 is 5.32 Å². The molecule has 2 aromatic carbocycles. The highest BCUT2D eigenvalue weighted by molar-refractivity contribution is 7.89. The number of halogens is 3. The molecule has 0 aliphatic carbocycles.